The fourth-order valence-electron chi connectivity index (χ4n) is 1.81. The summed E-state index contributed by atoms with van der Waals surface area (Å²) in [6.07, 6.45) is -0.849. The van der Waals surface area contributed by atoms with Crippen molar-refractivity contribution >= 4 is 34.1 Å². The van der Waals surface area contributed by atoms with Gasteiger partial charge in [-0.1, -0.05) is 43.8 Å². The summed E-state index contributed by atoms with van der Waals surface area (Å²) in [6, 6.07) is 8.29. The van der Waals surface area contributed by atoms with E-state index in [2.05, 4.69) is 9.31 Å². The number of rotatable bonds is 10. The lowest BCUT2D eigenvalue weighted by Gasteiger charge is -2.21. The highest BCUT2D eigenvalue weighted by molar-refractivity contribution is 7.37. The van der Waals surface area contributed by atoms with E-state index < -0.39 is 20.9 Å². The van der Waals surface area contributed by atoms with E-state index in [4.69, 9.17) is 0 Å². The first-order valence-corrected chi connectivity index (χ1v) is 6.44. The van der Waals surface area contributed by atoms with E-state index in [0.717, 1.165) is 0 Å². The number of carbonyl (C=O) groups is 1. The molecule has 0 amide bonds. The molecule has 0 bridgehead atoms. The molecular formula is C12H17B2F2O5S-. The molecule has 0 spiro atoms. The number of ketones is 1. The highest BCUT2D eigenvalue weighted by Gasteiger charge is 2.17. The molecule has 10 heteroatoms. The number of benzene rings is 1. The Morgan fingerprint density at radius 1 is 1.18 bits per heavy atom. The van der Waals surface area contributed by atoms with Gasteiger partial charge in [-0.05, 0) is 12.8 Å². The Balaban J connectivity index is 0.00000441. The van der Waals surface area contributed by atoms with Gasteiger partial charge < -0.3 is 28.0 Å². The van der Waals surface area contributed by atoms with Crippen LogP contribution in [0.3, 0.4) is 0 Å². The SMILES string of the molecule is O=C(CC(CCCOB([O-])F)OB([O-])F)c1ccccc1.[SH3+]. The van der Waals surface area contributed by atoms with Gasteiger partial charge in [0.15, 0.2) is 5.78 Å². The van der Waals surface area contributed by atoms with Gasteiger partial charge in [0, 0.05) is 24.7 Å². The smallest absolute Gasteiger partial charge is 0.399 e. The molecule has 5 nitrogen and oxygen atoms in total. The Bertz CT molecular complexity index is 425. The molecular weight excluding hydrogens is 316 g/mol. The van der Waals surface area contributed by atoms with Crippen LogP contribution in [0.25, 0.3) is 0 Å². The molecule has 0 heterocycles. The average molecular weight is 333 g/mol. The summed E-state index contributed by atoms with van der Waals surface area (Å²) in [7, 11) is -5.39. The lowest BCUT2D eigenvalue weighted by atomic mass is 10.0. The van der Waals surface area contributed by atoms with Gasteiger partial charge in [0.25, 0.3) is 0 Å². The predicted molar refractivity (Wildman–Crippen MR) is 80.7 cm³/mol. The number of halogens is 2. The summed E-state index contributed by atoms with van der Waals surface area (Å²) in [5, 5.41) is 20.5. The van der Waals surface area contributed by atoms with Gasteiger partial charge >= 0.3 is 14.8 Å². The summed E-state index contributed by atoms with van der Waals surface area (Å²) in [5.41, 5.74) is 0.423. The zero-order valence-electron chi connectivity index (χ0n) is 11.8. The van der Waals surface area contributed by atoms with Crippen molar-refractivity contribution in [3.63, 3.8) is 0 Å². The van der Waals surface area contributed by atoms with Gasteiger partial charge in [0.2, 0.25) is 0 Å². The van der Waals surface area contributed by atoms with Crippen LogP contribution in [-0.2, 0) is 22.8 Å². The van der Waals surface area contributed by atoms with Crippen molar-refractivity contribution in [3.8, 4) is 0 Å². The summed E-state index contributed by atoms with van der Waals surface area (Å²) in [6.45, 7) is -0.195. The van der Waals surface area contributed by atoms with Gasteiger partial charge in [-0.2, -0.15) is 0 Å². The Morgan fingerprint density at radius 3 is 2.36 bits per heavy atom. The van der Waals surface area contributed by atoms with Crippen LogP contribution >= 0.6 is 0 Å². The topological polar surface area (TPSA) is 81.7 Å². The molecule has 0 radical (unpaired) electrons. The van der Waals surface area contributed by atoms with Gasteiger partial charge in [-0.25, -0.2) is 0 Å². The van der Waals surface area contributed by atoms with Crippen LogP contribution in [0.2, 0.25) is 0 Å². The maximum absolute atomic E-state index is 12.4. The van der Waals surface area contributed by atoms with E-state index in [-0.39, 0.29) is 45.1 Å². The van der Waals surface area contributed by atoms with Gasteiger partial charge in [0.1, 0.15) is 0 Å². The first-order chi connectivity index (χ1) is 9.99. The quantitative estimate of drug-likeness (QED) is 0.244. The van der Waals surface area contributed by atoms with Gasteiger partial charge in [0.05, 0.1) is 0 Å². The zero-order valence-corrected chi connectivity index (χ0v) is 13.0. The van der Waals surface area contributed by atoms with E-state index in [1.54, 1.807) is 30.3 Å². The van der Waals surface area contributed by atoms with Crippen LogP contribution in [0.15, 0.2) is 30.3 Å². The molecule has 0 aliphatic heterocycles. The molecule has 1 rings (SSSR count). The Kier molecular flexibility index (Phi) is 11.1. The van der Waals surface area contributed by atoms with Gasteiger partial charge in [-0.15, -0.1) is 0 Å². The Morgan fingerprint density at radius 2 is 1.82 bits per heavy atom. The zero-order chi connectivity index (χ0) is 15.7. The minimum absolute atomic E-state index is 0. The minimum atomic E-state index is -2.76. The Hall–Kier alpha value is -0.930. The first kappa shape index (κ1) is 21.1. The van der Waals surface area contributed by atoms with Crippen LogP contribution < -0.4 is 10.0 Å². The summed E-state index contributed by atoms with van der Waals surface area (Å²) < 4.78 is 32.9. The molecule has 0 fully saturated rings. The second-order valence-corrected chi connectivity index (χ2v) is 4.31. The number of hydrogen-bond donors (Lipinski definition) is 0. The molecule has 0 saturated heterocycles. The van der Waals surface area contributed by atoms with Crippen molar-refractivity contribution in [1.82, 2.24) is 0 Å². The fraction of sp³-hybridized carbons (Fsp3) is 0.417. The van der Waals surface area contributed by atoms with Crippen molar-refractivity contribution in [2.75, 3.05) is 6.61 Å². The Labute approximate surface area is 135 Å². The highest BCUT2D eigenvalue weighted by atomic mass is 32.1. The standard InChI is InChI=1S/C12H14B2F2O5.H2S/c15-13(18)20-8-4-7-11(21-14(16)19)9-12(17)10-5-2-1-3-6-10;/h1-3,5-6,11H,4,7-9H2;1H2/q-2;/p+1. The molecule has 1 unspecified atom stereocenters. The minimum Gasteiger partial charge on any atom is -0.828 e. The second kappa shape index (κ2) is 11.6. The molecule has 0 aliphatic rings. The second-order valence-electron chi connectivity index (χ2n) is 4.31. The molecule has 1 aromatic carbocycles. The maximum atomic E-state index is 12.4. The highest BCUT2D eigenvalue weighted by Crippen LogP contribution is 2.13. The van der Waals surface area contributed by atoms with Crippen molar-refractivity contribution in [3.05, 3.63) is 35.9 Å². The molecule has 0 aliphatic carbocycles. The van der Waals surface area contributed by atoms with Crippen molar-refractivity contribution in [2.24, 2.45) is 0 Å². The largest absolute Gasteiger partial charge is 0.828 e. The van der Waals surface area contributed by atoms with Crippen LogP contribution in [0.4, 0.5) is 8.63 Å². The van der Waals surface area contributed by atoms with E-state index in [1.165, 1.54) is 0 Å². The van der Waals surface area contributed by atoms with Crippen molar-refractivity contribution in [1.29, 1.82) is 0 Å². The molecule has 22 heavy (non-hydrogen) atoms. The summed E-state index contributed by atoms with van der Waals surface area (Å²) >= 11 is 0. The molecule has 122 valence electrons. The third-order valence-corrected chi connectivity index (χ3v) is 2.73. The van der Waals surface area contributed by atoms with E-state index in [0.29, 0.717) is 5.56 Å². The van der Waals surface area contributed by atoms with Crippen LogP contribution in [0.5, 0.6) is 0 Å². The third-order valence-electron chi connectivity index (χ3n) is 2.73. The average Bonchev–Trinajstić information content (AvgIpc) is 2.43. The van der Waals surface area contributed by atoms with Crippen molar-refractivity contribution in [2.45, 2.75) is 25.4 Å². The van der Waals surface area contributed by atoms with E-state index in [1.807, 2.05) is 0 Å². The number of Topliss-reactive ketones (excluding diaryl/α,β-unsaturated/α-hetero) is 1. The summed E-state index contributed by atoms with van der Waals surface area (Å²) in [4.78, 5) is 11.9. The monoisotopic (exact) mass is 333 g/mol. The predicted octanol–water partition coefficient (Wildman–Crippen LogP) is -0.735. The normalized spacial score (nSPS) is 11.5. The molecule has 0 N–H and O–H groups in total. The molecule has 1 aromatic rings. The third kappa shape index (κ3) is 9.16. The summed E-state index contributed by atoms with van der Waals surface area (Å²) in [5.74, 6) is -0.297. The molecule has 0 saturated carbocycles. The lowest BCUT2D eigenvalue weighted by molar-refractivity contribution is -0.244. The molecule has 1 atom stereocenters. The van der Waals surface area contributed by atoms with E-state index in [9.17, 15) is 23.5 Å². The number of carbonyl (C=O) groups excluding carboxylic acids is 1. The van der Waals surface area contributed by atoms with E-state index >= 15 is 0 Å². The van der Waals surface area contributed by atoms with Crippen molar-refractivity contribution < 1.29 is 32.8 Å². The maximum Gasteiger partial charge on any atom is 0.399 e. The van der Waals surface area contributed by atoms with Crippen LogP contribution in [0.1, 0.15) is 29.6 Å². The lowest BCUT2D eigenvalue weighted by Crippen LogP contribution is -2.35. The first-order valence-electron chi connectivity index (χ1n) is 6.44. The molecule has 0 aromatic heterocycles. The van der Waals surface area contributed by atoms with Gasteiger partial charge in [-0.3, -0.25) is 4.79 Å². The van der Waals surface area contributed by atoms with Crippen LogP contribution in [-0.4, -0.2) is 33.3 Å². The number of hydrogen-bond acceptors (Lipinski definition) is 5. The fourth-order valence-corrected chi connectivity index (χ4v) is 1.81. The van der Waals surface area contributed by atoms with Crippen LogP contribution in [0, 0.1) is 0 Å².